The Morgan fingerprint density at radius 1 is 1.06 bits per heavy atom. The second-order valence-electron chi connectivity index (χ2n) is 8.36. The average molecular weight is 477 g/mol. The van der Waals surface area contributed by atoms with Gasteiger partial charge in [0, 0.05) is 18.6 Å². The van der Waals surface area contributed by atoms with E-state index in [2.05, 4.69) is 27.9 Å². The minimum Gasteiger partial charge on any atom is -0.479 e. The monoisotopic (exact) mass is 477 g/mol. The fourth-order valence-corrected chi connectivity index (χ4v) is 4.54. The van der Waals surface area contributed by atoms with Crippen molar-refractivity contribution >= 4 is 18.0 Å². The molecular formula is C25H23N3O7. The van der Waals surface area contributed by atoms with Crippen molar-refractivity contribution in [2.45, 2.75) is 31.0 Å². The van der Waals surface area contributed by atoms with Crippen molar-refractivity contribution in [1.82, 2.24) is 15.8 Å². The lowest BCUT2D eigenvalue weighted by Crippen LogP contribution is -2.44. The molecule has 10 heteroatoms. The molecule has 3 aromatic rings. The number of carboxylic acid groups (broad SMARTS) is 1. The zero-order valence-electron chi connectivity index (χ0n) is 18.6. The van der Waals surface area contributed by atoms with Gasteiger partial charge in [-0.3, -0.25) is 4.79 Å². The lowest BCUT2D eigenvalue weighted by atomic mass is 9.98. The molecule has 2 aromatic carbocycles. The molecule has 2 atom stereocenters. The molecule has 2 heterocycles. The van der Waals surface area contributed by atoms with Gasteiger partial charge in [-0.25, -0.2) is 9.59 Å². The van der Waals surface area contributed by atoms with E-state index in [-0.39, 0.29) is 37.1 Å². The molecule has 2 amide bonds. The molecule has 35 heavy (non-hydrogen) atoms. The van der Waals surface area contributed by atoms with Crippen molar-refractivity contribution in [2.24, 2.45) is 0 Å². The summed E-state index contributed by atoms with van der Waals surface area (Å²) >= 11 is 0. The van der Waals surface area contributed by atoms with Crippen LogP contribution in [0, 0.1) is 0 Å². The molecule has 5 rings (SSSR count). The highest BCUT2D eigenvalue weighted by Crippen LogP contribution is 2.44. The standard InChI is InChI=1S/C25H23N3O7/c29-23(27-20-9-10-33-22(20)24(30)31)21-11-14(35-28-21)12-26-25(32)34-13-19-17-7-3-1-5-15(17)16-6-2-4-8-18(16)19/h1-8,11,19-20,22H,9-10,12-13H2,(H,26,32)(H,27,29)(H,30,31). The SMILES string of the molecule is O=C(NCc1cc(C(=O)NC2CCOC2C(=O)O)no1)OCC1c2ccccc2-c2ccccc21. The summed E-state index contributed by atoms with van der Waals surface area (Å²) in [6.07, 6.45) is -1.33. The predicted molar refractivity (Wildman–Crippen MR) is 122 cm³/mol. The first kappa shape index (κ1) is 22.6. The van der Waals surface area contributed by atoms with E-state index >= 15 is 0 Å². The van der Waals surface area contributed by atoms with E-state index in [1.165, 1.54) is 6.07 Å². The largest absolute Gasteiger partial charge is 0.479 e. The number of carboxylic acids is 1. The maximum absolute atomic E-state index is 12.4. The summed E-state index contributed by atoms with van der Waals surface area (Å²) in [4.78, 5) is 35.9. The lowest BCUT2D eigenvalue weighted by molar-refractivity contribution is -0.148. The van der Waals surface area contributed by atoms with Gasteiger partial charge in [-0.05, 0) is 28.7 Å². The number of ether oxygens (including phenoxy) is 2. The molecule has 180 valence electrons. The van der Waals surface area contributed by atoms with Crippen molar-refractivity contribution in [1.29, 1.82) is 0 Å². The smallest absolute Gasteiger partial charge is 0.407 e. The van der Waals surface area contributed by atoms with Gasteiger partial charge in [-0.2, -0.15) is 0 Å². The molecule has 3 N–H and O–H groups in total. The number of fused-ring (bicyclic) bond motifs is 3. The van der Waals surface area contributed by atoms with Crippen LogP contribution in [0.3, 0.4) is 0 Å². The van der Waals surface area contributed by atoms with Crippen LogP contribution >= 0.6 is 0 Å². The molecule has 0 radical (unpaired) electrons. The first-order valence-corrected chi connectivity index (χ1v) is 11.2. The van der Waals surface area contributed by atoms with Crippen LogP contribution in [-0.4, -0.2) is 53.6 Å². The highest BCUT2D eigenvalue weighted by Gasteiger charge is 2.36. The number of aliphatic carboxylic acids is 1. The van der Waals surface area contributed by atoms with Gasteiger partial charge >= 0.3 is 12.1 Å². The normalized spacial score (nSPS) is 18.5. The van der Waals surface area contributed by atoms with Crippen molar-refractivity contribution in [3.63, 3.8) is 0 Å². The van der Waals surface area contributed by atoms with Crippen LogP contribution in [0.2, 0.25) is 0 Å². The van der Waals surface area contributed by atoms with E-state index in [9.17, 15) is 14.4 Å². The summed E-state index contributed by atoms with van der Waals surface area (Å²) in [5.74, 6) is -1.52. The Bertz CT molecular complexity index is 1230. The number of aromatic nitrogens is 1. The van der Waals surface area contributed by atoms with Crippen LogP contribution in [0.25, 0.3) is 11.1 Å². The molecule has 2 unspecified atom stereocenters. The van der Waals surface area contributed by atoms with E-state index in [0.717, 1.165) is 22.3 Å². The van der Waals surface area contributed by atoms with Crippen LogP contribution in [0.1, 0.15) is 39.7 Å². The van der Waals surface area contributed by atoms with Crippen LogP contribution in [-0.2, 0) is 20.8 Å². The Hall–Kier alpha value is -4.18. The van der Waals surface area contributed by atoms with E-state index in [1.807, 2.05) is 36.4 Å². The first-order valence-electron chi connectivity index (χ1n) is 11.2. The second kappa shape index (κ2) is 9.59. The Kier molecular flexibility index (Phi) is 6.19. The second-order valence-corrected chi connectivity index (χ2v) is 8.36. The van der Waals surface area contributed by atoms with Crippen LogP contribution in [0.15, 0.2) is 59.1 Å². The minimum atomic E-state index is -1.14. The van der Waals surface area contributed by atoms with Crippen molar-refractivity contribution in [2.75, 3.05) is 13.2 Å². The van der Waals surface area contributed by atoms with E-state index in [0.29, 0.717) is 6.42 Å². The minimum absolute atomic E-state index is 0.0228. The Labute approximate surface area is 200 Å². The van der Waals surface area contributed by atoms with Crippen molar-refractivity contribution in [3.8, 4) is 11.1 Å². The molecule has 0 bridgehead atoms. The molecule has 2 aliphatic rings. The molecule has 10 nitrogen and oxygen atoms in total. The Balaban J connectivity index is 1.14. The van der Waals surface area contributed by atoms with Crippen LogP contribution in [0.5, 0.6) is 0 Å². The van der Waals surface area contributed by atoms with E-state index in [1.54, 1.807) is 0 Å². The van der Waals surface area contributed by atoms with Crippen molar-refractivity contribution in [3.05, 3.63) is 77.2 Å². The zero-order valence-corrected chi connectivity index (χ0v) is 18.6. The summed E-state index contributed by atoms with van der Waals surface area (Å²) in [5, 5.41) is 18.0. The summed E-state index contributed by atoms with van der Waals surface area (Å²) in [6.45, 7) is 0.398. The number of carbonyl (C=O) groups excluding carboxylic acids is 2. The fraction of sp³-hybridized carbons (Fsp3) is 0.280. The molecule has 1 aromatic heterocycles. The Morgan fingerprint density at radius 2 is 1.74 bits per heavy atom. The van der Waals surface area contributed by atoms with Gasteiger partial charge in [0.25, 0.3) is 5.91 Å². The number of nitrogens with zero attached hydrogens (tertiary/aromatic N) is 1. The maximum atomic E-state index is 12.4. The summed E-state index contributed by atoms with van der Waals surface area (Å²) in [5.41, 5.74) is 4.49. The lowest BCUT2D eigenvalue weighted by Gasteiger charge is -2.15. The predicted octanol–water partition coefficient (Wildman–Crippen LogP) is 2.69. The highest BCUT2D eigenvalue weighted by atomic mass is 16.5. The number of benzene rings is 2. The fourth-order valence-electron chi connectivity index (χ4n) is 4.54. The third kappa shape index (κ3) is 4.60. The number of carbonyl (C=O) groups is 3. The Morgan fingerprint density at radius 3 is 2.43 bits per heavy atom. The molecule has 0 spiro atoms. The van der Waals surface area contributed by atoms with E-state index in [4.69, 9.17) is 19.1 Å². The summed E-state index contributed by atoms with van der Waals surface area (Å²) < 4.78 is 15.7. The number of hydrogen-bond donors (Lipinski definition) is 3. The first-order chi connectivity index (χ1) is 17.0. The summed E-state index contributed by atoms with van der Waals surface area (Å²) in [7, 11) is 0. The number of nitrogens with one attached hydrogen (secondary N) is 2. The topological polar surface area (TPSA) is 140 Å². The van der Waals surface area contributed by atoms with Gasteiger partial charge in [0.05, 0.1) is 12.6 Å². The number of rotatable bonds is 7. The van der Waals surface area contributed by atoms with Crippen LogP contribution in [0.4, 0.5) is 4.79 Å². The van der Waals surface area contributed by atoms with Gasteiger partial charge in [0.1, 0.15) is 6.61 Å². The molecule has 1 saturated heterocycles. The molecular weight excluding hydrogens is 454 g/mol. The third-order valence-electron chi connectivity index (χ3n) is 6.19. The van der Waals surface area contributed by atoms with Crippen molar-refractivity contribution < 1.29 is 33.5 Å². The quantitative estimate of drug-likeness (QED) is 0.472. The van der Waals surface area contributed by atoms with Gasteiger partial charge in [-0.15, -0.1) is 0 Å². The van der Waals surface area contributed by atoms with E-state index < -0.39 is 30.1 Å². The van der Waals surface area contributed by atoms with Gasteiger partial charge in [0.15, 0.2) is 17.6 Å². The molecule has 0 saturated carbocycles. The van der Waals surface area contributed by atoms with Gasteiger partial charge in [-0.1, -0.05) is 53.7 Å². The summed E-state index contributed by atoms with van der Waals surface area (Å²) in [6, 6.07) is 16.9. The molecule has 1 aliphatic heterocycles. The molecule has 1 fully saturated rings. The zero-order chi connectivity index (χ0) is 24.4. The maximum Gasteiger partial charge on any atom is 0.407 e. The highest BCUT2D eigenvalue weighted by molar-refractivity contribution is 5.93. The number of amides is 2. The third-order valence-corrected chi connectivity index (χ3v) is 6.19. The number of alkyl carbamates (subject to hydrolysis) is 1. The number of hydrogen-bond acceptors (Lipinski definition) is 7. The van der Waals surface area contributed by atoms with Crippen LogP contribution < -0.4 is 10.6 Å². The van der Waals surface area contributed by atoms with Gasteiger partial charge < -0.3 is 29.7 Å². The van der Waals surface area contributed by atoms with Gasteiger partial charge in [0.2, 0.25) is 0 Å². The average Bonchev–Trinajstić information content (AvgIpc) is 3.59. The molecule has 1 aliphatic carbocycles.